The molecule has 0 saturated heterocycles. The average molecular weight is 279 g/mol. The molecule has 0 aromatic heterocycles. The minimum absolute atomic E-state index is 0.0110. The SMILES string of the molecule is CCCC(C)C(NCC)C1CCCCC1C(F)(F)F. The van der Waals surface area contributed by atoms with E-state index in [1.807, 2.05) is 6.92 Å². The number of hydrogen-bond acceptors (Lipinski definition) is 1. The maximum atomic E-state index is 13.2. The van der Waals surface area contributed by atoms with Gasteiger partial charge in [0.2, 0.25) is 0 Å². The molecule has 0 aliphatic heterocycles. The van der Waals surface area contributed by atoms with Crippen LogP contribution in [0.2, 0.25) is 0 Å². The second-order valence-electron chi connectivity index (χ2n) is 5.95. The summed E-state index contributed by atoms with van der Waals surface area (Å²) >= 11 is 0. The first-order valence-corrected chi connectivity index (χ1v) is 7.71. The highest BCUT2D eigenvalue weighted by Gasteiger charge is 2.48. The highest BCUT2D eigenvalue weighted by molar-refractivity contribution is 4.90. The van der Waals surface area contributed by atoms with Crippen molar-refractivity contribution in [1.29, 1.82) is 0 Å². The summed E-state index contributed by atoms with van der Waals surface area (Å²) in [7, 11) is 0. The molecule has 0 heterocycles. The molecule has 0 radical (unpaired) electrons. The van der Waals surface area contributed by atoms with Crippen LogP contribution < -0.4 is 5.32 Å². The summed E-state index contributed by atoms with van der Waals surface area (Å²) in [4.78, 5) is 0. The van der Waals surface area contributed by atoms with Gasteiger partial charge in [0.15, 0.2) is 0 Å². The predicted octanol–water partition coefficient (Wildman–Crippen LogP) is 4.77. The molecule has 1 aliphatic carbocycles. The van der Waals surface area contributed by atoms with Crippen LogP contribution in [-0.2, 0) is 0 Å². The Balaban J connectivity index is 2.84. The number of hydrogen-bond donors (Lipinski definition) is 1. The molecule has 0 aromatic rings. The molecule has 1 rings (SSSR count). The lowest BCUT2D eigenvalue weighted by Crippen LogP contribution is -2.48. The highest BCUT2D eigenvalue weighted by Crippen LogP contribution is 2.44. The van der Waals surface area contributed by atoms with E-state index in [0.717, 1.165) is 38.6 Å². The van der Waals surface area contributed by atoms with Crippen LogP contribution in [0.15, 0.2) is 0 Å². The lowest BCUT2D eigenvalue weighted by Gasteiger charge is -2.41. The van der Waals surface area contributed by atoms with Gasteiger partial charge in [-0.05, 0) is 37.6 Å². The number of halogens is 3. The van der Waals surface area contributed by atoms with Gasteiger partial charge in [0.05, 0.1) is 5.92 Å². The standard InChI is InChI=1S/C15H28F3N/c1-4-8-11(3)14(19-5-2)12-9-6-7-10-13(12)15(16,17)18/h11-14,19H,4-10H2,1-3H3. The van der Waals surface area contributed by atoms with Crippen molar-refractivity contribution < 1.29 is 13.2 Å². The maximum absolute atomic E-state index is 13.2. The molecule has 4 heteroatoms. The van der Waals surface area contributed by atoms with Crippen molar-refractivity contribution in [3.05, 3.63) is 0 Å². The first-order chi connectivity index (χ1) is 8.91. The van der Waals surface area contributed by atoms with Gasteiger partial charge in [0.1, 0.15) is 0 Å². The summed E-state index contributed by atoms with van der Waals surface area (Å²) in [6.07, 6.45) is 0.695. The Labute approximate surface area is 115 Å². The monoisotopic (exact) mass is 279 g/mol. The first-order valence-electron chi connectivity index (χ1n) is 7.71. The van der Waals surface area contributed by atoms with Gasteiger partial charge in [-0.15, -0.1) is 0 Å². The molecular formula is C15H28F3N. The van der Waals surface area contributed by atoms with Gasteiger partial charge in [0.25, 0.3) is 0 Å². The molecule has 0 bridgehead atoms. The fraction of sp³-hybridized carbons (Fsp3) is 1.00. The van der Waals surface area contributed by atoms with E-state index in [1.54, 1.807) is 0 Å². The van der Waals surface area contributed by atoms with Gasteiger partial charge in [-0.3, -0.25) is 0 Å². The molecule has 0 amide bonds. The van der Waals surface area contributed by atoms with Crippen LogP contribution in [0, 0.1) is 17.8 Å². The summed E-state index contributed by atoms with van der Waals surface area (Å²) in [6.45, 7) is 6.93. The van der Waals surface area contributed by atoms with Crippen molar-refractivity contribution in [2.45, 2.75) is 71.5 Å². The molecule has 4 atom stereocenters. The molecule has 4 unspecified atom stereocenters. The predicted molar refractivity (Wildman–Crippen MR) is 73.0 cm³/mol. The van der Waals surface area contributed by atoms with Crippen LogP contribution in [-0.4, -0.2) is 18.8 Å². The van der Waals surface area contributed by atoms with E-state index in [0.29, 0.717) is 12.3 Å². The molecule has 0 spiro atoms. The number of alkyl halides is 3. The third kappa shape index (κ3) is 4.66. The normalized spacial score (nSPS) is 28.1. The summed E-state index contributed by atoms with van der Waals surface area (Å²) in [5.74, 6) is -1.03. The van der Waals surface area contributed by atoms with Crippen LogP contribution in [0.4, 0.5) is 13.2 Å². The smallest absolute Gasteiger partial charge is 0.314 e. The average Bonchev–Trinajstić information content (AvgIpc) is 2.35. The van der Waals surface area contributed by atoms with Gasteiger partial charge >= 0.3 is 6.18 Å². The Morgan fingerprint density at radius 1 is 1.16 bits per heavy atom. The summed E-state index contributed by atoms with van der Waals surface area (Å²) < 4.78 is 39.6. The Hall–Kier alpha value is -0.250. The minimum atomic E-state index is -4.04. The van der Waals surface area contributed by atoms with Gasteiger partial charge in [-0.2, -0.15) is 13.2 Å². The van der Waals surface area contributed by atoms with Crippen LogP contribution in [0.25, 0.3) is 0 Å². The van der Waals surface area contributed by atoms with Gasteiger partial charge in [-0.1, -0.05) is 40.0 Å². The van der Waals surface area contributed by atoms with Crippen molar-refractivity contribution in [2.24, 2.45) is 17.8 Å². The van der Waals surface area contributed by atoms with Crippen molar-refractivity contribution in [2.75, 3.05) is 6.54 Å². The third-order valence-electron chi connectivity index (χ3n) is 4.50. The molecular weight excluding hydrogens is 251 g/mol. The Kier molecular flexibility index (Phi) is 6.64. The number of nitrogens with one attached hydrogen (secondary N) is 1. The second-order valence-corrected chi connectivity index (χ2v) is 5.95. The Bertz CT molecular complexity index is 252. The van der Waals surface area contributed by atoms with Crippen LogP contribution in [0.5, 0.6) is 0 Å². The quantitative estimate of drug-likeness (QED) is 0.738. The molecule has 1 N–H and O–H groups in total. The zero-order chi connectivity index (χ0) is 14.5. The zero-order valence-electron chi connectivity index (χ0n) is 12.4. The largest absolute Gasteiger partial charge is 0.392 e. The number of rotatable bonds is 6. The van der Waals surface area contributed by atoms with Gasteiger partial charge < -0.3 is 5.32 Å². The Morgan fingerprint density at radius 3 is 2.32 bits per heavy atom. The maximum Gasteiger partial charge on any atom is 0.392 e. The molecule has 19 heavy (non-hydrogen) atoms. The van der Waals surface area contributed by atoms with Crippen molar-refractivity contribution in [3.63, 3.8) is 0 Å². The summed E-state index contributed by atoms with van der Waals surface area (Å²) in [5, 5.41) is 3.34. The van der Waals surface area contributed by atoms with E-state index in [4.69, 9.17) is 0 Å². The van der Waals surface area contributed by atoms with E-state index in [2.05, 4.69) is 19.2 Å². The van der Waals surface area contributed by atoms with Crippen molar-refractivity contribution in [1.82, 2.24) is 5.32 Å². The van der Waals surface area contributed by atoms with E-state index in [-0.39, 0.29) is 12.0 Å². The van der Waals surface area contributed by atoms with Gasteiger partial charge in [0, 0.05) is 6.04 Å². The lowest BCUT2D eigenvalue weighted by molar-refractivity contribution is -0.200. The second kappa shape index (κ2) is 7.51. The molecule has 0 aromatic carbocycles. The fourth-order valence-electron chi connectivity index (χ4n) is 3.64. The van der Waals surface area contributed by atoms with Crippen LogP contribution in [0.1, 0.15) is 59.3 Å². The van der Waals surface area contributed by atoms with Crippen molar-refractivity contribution >= 4 is 0 Å². The summed E-state index contributed by atoms with van der Waals surface area (Å²) in [5.41, 5.74) is 0. The van der Waals surface area contributed by atoms with E-state index < -0.39 is 12.1 Å². The van der Waals surface area contributed by atoms with Crippen LogP contribution in [0.3, 0.4) is 0 Å². The molecule has 1 fully saturated rings. The first kappa shape index (κ1) is 16.8. The topological polar surface area (TPSA) is 12.0 Å². The van der Waals surface area contributed by atoms with E-state index >= 15 is 0 Å². The fourth-order valence-corrected chi connectivity index (χ4v) is 3.64. The van der Waals surface area contributed by atoms with E-state index in [9.17, 15) is 13.2 Å². The minimum Gasteiger partial charge on any atom is -0.314 e. The highest BCUT2D eigenvalue weighted by atomic mass is 19.4. The van der Waals surface area contributed by atoms with Gasteiger partial charge in [-0.25, -0.2) is 0 Å². The molecule has 114 valence electrons. The zero-order valence-corrected chi connectivity index (χ0v) is 12.4. The molecule has 1 aliphatic rings. The molecule has 1 saturated carbocycles. The van der Waals surface area contributed by atoms with Crippen molar-refractivity contribution in [3.8, 4) is 0 Å². The third-order valence-corrected chi connectivity index (χ3v) is 4.50. The Morgan fingerprint density at radius 2 is 1.79 bits per heavy atom. The molecule has 1 nitrogen and oxygen atoms in total. The van der Waals surface area contributed by atoms with E-state index in [1.165, 1.54) is 0 Å². The lowest BCUT2D eigenvalue weighted by atomic mass is 9.71. The van der Waals surface area contributed by atoms with Crippen LogP contribution >= 0.6 is 0 Å². The summed E-state index contributed by atoms with van der Waals surface area (Å²) in [6, 6.07) is 0.0110.